The summed E-state index contributed by atoms with van der Waals surface area (Å²) >= 11 is 1.36. The highest BCUT2D eigenvalue weighted by atomic mass is 32.2. The molecule has 2 heterocycles. The van der Waals surface area contributed by atoms with E-state index in [1.54, 1.807) is 6.26 Å². The Morgan fingerprint density at radius 1 is 1.00 bits per heavy atom. The fourth-order valence-corrected chi connectivity index (χ4v) is 4.24. The van der Waals surface area contributed by atoms with Crippen LogP contribution in [0.5, 0.6) is 0 Å². The van der Waals surface area contributed by atoms with Crippen LogP contribution in [0.3, 0.4) is 0 Å². The van der Waals surface area contributed by atoms with Gasteiger partial charge in [-0.2, -0.15) is 0 Å². The first kappa shape index (κ1) is 20.9. The van der Waals surface area contributed by atoms with Crippen molar-refractivity contribution in [2.75, 3.05) is 12.3 Å². The summed E-state index contributed by atoms with van der Waals surface area (Å²) in [4.78, 5) is 12.4. The lowest BCUT2D eigenvalue weighted by molar-refractivity contribution is -0.118. The van der Waals surface area contributed by atoms with Gasteiger partial charge >= 0.3 is 0 Å². The summed E-state index contributed by atoms with van der Waals surface area (Å²) in [5.41, 5.74) is 2.50. The number of carbonyl (C=O) groups excluding carboxylic acids is 1. The number of aromatic nitrogens is 3. The smallest absolute Gasteiger partial charge is 0.230 e. The lowest BCUT2D eigenvalue weighted by atomic mass is 9.88. The lowest BCUT2D eigenvalue weighted by Gasteiger charge is -2.18. The van der Waals surface area contributed by atoms with Crippen LogP contribution in [0.1, 0.15) is 23.5 Å². The van der Waals surface area contributed by atoms with E-state index in [0.29, 0.717) is 23.3 Å². The molecule has 7 heteroatoms. The van der Waals surface area contributed by atoms with Crippen molar-refractivity contribution in [3.63, 3.8) is 0 Å². The molecule has 0 radical (unpaired) electrons. The predicted octanol–water partition coefficient (Wildman–Crippen LogP) is 4.51. The second-order valence-corrected chi connectivity index (χ2v) is 8.09. The third kappa shape index (κ3) is 5.24. The van der Waals surface area contributed by atoms with Gasteiger partial charge in [-0.15, -0.1) is 10.2 Å². The Morgan fingerprint density at radius 3 is 2.29 bits per heavy atom. The summed E-state index contributed by atoms with van der Waals surface area (Å²) in [7, 11) is 1.86. The number of furan rings is 1. The van der Waals surface area contributed by atoms with Crippen LogP contribution < -0.4 is 5.32 Å². The fraction of sp³-hybridized carbons (Fsp3) is 0.208. The van der Waals surface area contributed by atoms with E-state index in [2.05, 4.69) is 64.0 Å². The van der Waals surface area contributed by atoms with E-state index in [4.69, 9.17) is 4.42 Å². The normalized spacial score (nSPS) is 11.0. The van der Waals surface area contributed by atoms with Gasteiger partial charge in [0, 0.05) is 19.5 Å². The predicted molar refractivity (Wildman–Crippen MR) is 122 cm³/mol. The lowest BCUT2D eigenvalue weighted by Crippen LogP contribution is -2.27. The van der Waals surface area contributed by atoms with Crippen molar-refractivity contribution in [2.45, 2.75) is 17.5 Å². The molecule has 4 aromatic rings. The molecule has 4 rings (SSSR count). The van der Waals surface area contributed by atoms with Gasteiger partial charge in [-0.25, -0.2) is 0 Å². The number of hydrogen-bond acceptors (Lipinski definition) is 5. The Labute approximate surface area is 185 Å². The van der Waals surface area contributed by atoms with Gasteiger partial charge in [0.05, 0.1) is 12.0 Å². The Balaban J connectivity index is 1.31. The van der Waals surface area contributed by atoms with Gasteiger partial charge in [-0.1, -0.05) is 72.4 Å². The molecule has 0 fully saturated rings. The SMILES string of the molecule is Cn1c(SCC(=O)NCCC(c2ccccc2)c2ccccc2)nnc1-c1ccco1. The zero-order valence-electron chi connectivity index (χ0n) is 17.3. The van der Waals surface area contributed by atoms with Gasteiger partial charge in [-0.05, 0) is 29.7 Å². The molecular formula is C24H24N4O2S. The number of nitrogens with zero attached hydrogens (tertiary/aromatic N) is 3. The zero-order valence-corrected chi connectivity index (χ0v) is 18.1. The molecule has 0 spiro atoms. The summed E-state index contributed by atoms with van der Waals surface area (Å²) in [6.07, 6.45) is 2.43. The van der Waals surface area contributed by atoms with Gasteiger partial charge in [0.2, 0.25) is 5.91 Å². The maximum absolute atomic E-state index is 12.4. The van der Waals surface area contributed by atoms with Crippen molar-refractivity contribution < 1.29 is 9.21 Å². The quantitative estimate of drug-likeness (QED) is 0.394. The maximum atomic E-state index is 12.4. The average Bonchev–Trinajstić information content (AvgIpc) is 3.46. The minimum absolute atomic E-state index is 0.0209. The zero-order chi connectivity index (χ0) is 21.5. The van der Waals surface area contributed by atoms with E-state index in [1.807, 2.05) is 35.9 Å². The van der Waals surface area contributed by atoms with Crippen LogP contribution in [0.15, 0.2) is 88.6 Å². The Hall–Kier alpha value is -3.32. The Bertz CT molecular complexity index is 1060. The molecule has 2 aromatic carbocycles. The van der Waals surface area contributed by atoms with Crippen LogP contribution in [0, 0.1) is 0 Å². The van der Waals surface area contributed by atoms with Crippen molar-refractivity contribution >= 4 is 17.7 Å². The summed E-state index contributed by atoms with van der Waals surface area (Å²) in [6.45, 7) is 0.601. The standard InChI is InChI=1S/C24H24N4O2S/c1-28-23(21-13-8-16-30-21)26-27-24(28)31-17-22(29)25-15-14-20(18-9-4-2-5-10-18)19-11-6-3-7-12-19/h2-13,16,20H,14-15,17H2,1H3,(H,25,29). The van der Waals surface area contributed by atoms with E-state index in [0.717, 1.165) is 6.42 Å². The molecule has 0 saturated heterocycles. The average molecular weight is 433 g/mol. The van der Waals surface area contributed by atoms with Crippen LogP contribution >= 0.6 is 11.8 Å². The third-order valence-electron chi connectivity index (χ3n) is 5.07. The molecule has 1 amide bonds. The third-order valence-corrected chi connectivity index (χ3v) is 6.09. The van der Waals surface area contributed by atoms with Crippen molar-refractivity contribution in [3.05, 3.63) is 90.2 Å². The van der Waals surface area contributed by atoms with Crippen LogP contribution in [0.4, 0.5) is 0 Å². The molecule has 0 aliphatic rings. The molecule has 0 saturated carbocycles. The molecule has 0 unspecified atom stereocenters. The fourth-order valence-electron chi connectivity index (χ4n) is 3.49. The second-order valence-electron chi connectivity index (χ2n) is 7.14. The van der Waals surface area contributed by atoms with E-state index in [-0.39, 0.29) is 17.6 Å². The first-order valence-electron chi connectivity index (χ1n) is 10.1. The van der Waals surface area contributed by atoms with Crippen LogP contribution in [-0.4, -0.2) is 33.0 Å². The number of nitrogens with one attached hydrogen (secondary N) is 1. The van der Waals surface area contributed by atoms with Crippen LogP contribution in [0.2, 0.25) is 0 Å². The molecule has 6 nitrogen and oxygen atoms in total. The monoisotopic (exact) mass is 432 g/mol. The van der Waals surface area contributed by atoms with Crippen LogP contribution in [-0.2, 0) is 11.8 Å². The first-order chi connectivity index (χ1) is 15.2. The van der Waals surface area contributed by atoms with Crippen molar-refractivity contribution in [1.29, 1.82) is 0 Å². The number of thioether (sulfide) groups is 1. The Morgan fingerprint density at radius 2 is 1.68 bits per heavy atom. The van der Waals surface area contributed by atoms with Crippen molar-refractivity contribution in [3.8, 4) is 11.6 Å². The molecule has 31 heavy (non-hydrogen) atoms. The second kappa shape index (κ2) is 10.1. The van der Waals surface area contributed by atoms with E-state index >= 15 is 0 Å². The Kier molecular flexibility index (Phi) is 6.84. The minimum atomic E-state index is -0.0209. The van der Waals surface area contributed by atoms with Crippen LogP contribution in [0.25, 0.3) is 11.6 Å². The number of hydrogen-bond donors (Lipinski definition) is 1. The first-order valence-corrected chi connectivity index (χ1v) is 11.1. The number of rotatable bonds is 9. The molecular weight excluding hydrogens is 408 g/mol. The van der Waals surface area contributed by atoms with Gasteiger partial charge < -0.3 is 14.3 Å². The van der Waals surface area contributed by atoms with E-state index in [9.17, 15) is 4.79 Å². The highest BCUT2D eigenvalue weighted by molar-refractivity contribution is 7.99. The molecule has 0 atom stereocenters. The summed E-state index contributed by atoms with van der Waals surface area (Å²) in [5.74, 6) is 1.80. The summed E-state index contributed by atoms with van der Waals surface area (Å²) < 4.78 is 7.21. The van der Waals surface area contributed by atoms with E-state index in [1.165, 1.54) is 22.9 Å². The van der Waals surface area contributed by atoms with Gasteiger partial charge in [0.1, 0.15) is 0 Å². The van der Waals surface area contributed by atoms with Crippen molar-refractivity contribution in [1.82, 2.24) is 20.1 Å². The highest BCUT2D eigenvalue weighted by Gasteiger charge is 2.16. The molecule has 0 bridgehead atoms. The largest absolute Gasteiger partial charge is 0.461 e. The maximum Gasteiger partial charge on any atom is 0.230 e. The minimum Gasteiger partial charge on any atom is -0.461 e. The number of benzene rings is 2. The number of amides is 1. The topological polar surface area (TPSA) is 73.0 Å². The molecule has 0 aliphatic heterocycles. The highest BCUT2D eigenvalue weighted by Crippen LogP contribution is 2.27. The van der Waals surface area contributed by atoms with E-state index < -0.39 is 0 Å². The number of carbonyl (C=O) groups is 1. The molecule has 1 N–H and O–H groups in total. The molecule has 158 valence electrons. The summed E-state index contributed by atoms with van der Waals surface area (Å²) in [6, 6.07) is 24.5. The van der Waals surface area contributed by atoms with Crippen molar-refractivity contribution in [2.24, 2.45) is 7.05 Å². The molecule has 2 aromatic heterocycles. The van der Waals surface area contributed by atoms with Gasteiger partial charge in [0.25, 0.3) is 0 Å². The van der Waals surface area contributed by atoms with Gasteiger partial charge in [0.15, 0.2) is 16.7 Å². The van der Waals surface area contributed by atoms with Gasteiger partial charge in [-0.3, -0.25) is 4.79 Å². The molecule has 0 aliphatic carbocycles. The summed E-state index contributed by atoms with van der Waals surface area (Å²) in [5, 5.41) is 12.0.